The average molecular weight is 557 g/mol. The predicted molar refractivity (Wildman–Crippen MR) is 145 cm³/mol. The number of benzene rings is 1. The number of nitrogens with one attached hydrogen (secondary N) is 2. The number of rotatable bonds is 7. The normalized spacial score (nSPS) is 21.5. The Morgan fingerprint density at radius 1 is 1.03 bits per heavy atom. The summed E-state index contributed by atoms with van der Waals surface area (Å²) < 4.78 is 29.3. The molecule has 0 unspecified atom stereocenters. The van der Waals surface area contributed by atoms with Crippen molar-refractivity contribution in [2.75, 3.05) is 10.6 Å². The number of pyridine rings is 1. The molecule has 1 saturated carbocycles. The minimum absolute atomic E-state index is 0.118. The molecular weight excluding hydrogens is 526 g/mol. The average Bonchev–Trinajstić information content (AvgIpc) is 3.41. The summed E-state index contributed by atoms with van der Waals surface area (Å²) in [5, 5.41) is 38.8. The number of nitrogens with zero attached hydrogens (tertiary/aromatic N) is 4. The van der Waals surface area contributed by atoms with E-state index in [1.165, 1.54) is 29.5 Å². The topological polar surface area (TPSA) is 136 Å². The highest BCUT2D eigenvalue weighted by Gasteiger charge is 2.48. The zero-order valence-electron chi connectivity index (χ0n) is 21.9. The molecular formula is C27H30F2N6O3S. The smallest absolute Gasteiger partial charge is 0.225 e. The first kappa shape index (κ1) is 27.3. The maximum Gasteiger partial charge on any atom is 0.225 e. The highest BCUT2D eigenvalue weighted by molar-refractivity contribution is 7.21. The second-order valence-corrected chi connectivity index (χ2v) is 11.4. The van der Waals surface area contributed by atoms with Gasteiger partial charge in [-0.15, -0.1) is 11.3 Å². The number of hydrogen-bond donors (Lipinski definition) is 5. The number of hydrogen-bond acceptors (Lipinski definition) is 10. The van der Waals surface area contributed by atoms with Crippen LogP contribution < -0.4 is 10.6 Å². The molecule has 39 heavy (non-hydrogen) atoms. The van der Waals surface area contributed by atoms with Gasteiger partial charge in [0.15, 0.2) is 0 Å². The van der Waals surface area contributed by atoms with Crippen LogP contribution in [0.15, 0.2) is 30.5 Å². The van der Waals surface area contributed by atoms with Crippen molar-refractivity contribution >= 4 is 33.3 Å². The van der Waals surface area contributed by atoms with Crippen molar-refractivity contribution in [2.24, 2.45) is 5.92 Å². The number of aryl methyl sites for hydroxylation is 2. The van der Waals surface area contributed by atoms with Gasteiger partial charge in [0, 0.05) is 24.2 Å². The lowest BCUT2D eigenvalue weighted by Crippen LogP contribution is -2.40. The van der Waals surface area contributed by atoms with Crippen LogP contribution in [0.3, 0.4) is 0 Å². The highest BCUT2D eigenvalue weighted by Crippen LogP contribution is 2.40. The van der Waals surface area contributed by atoms with Gasteiger partial charge < -0.3 is 26.0 Å². The van der Waals surface area contributed by atoms with Gasteiger partial charge >= 0.3 is 0 Å². The van der Waals surface area contributed by atoms with E-state index in [1.54, 1.807) is 27.0 Å². The third-order valence-electron chi connectivity index (χ3n) is 7.19. The van der Waals surface area contributed by atoms with E-state index in [0.717, 1.165) is 15.9 Å². The maximum absolute atomic E-state index is 14.2. The van der Waals surface area contributed by atoms with Gasteiger partial charge in [0.05, 0.1) is 39.4 Å². The molecule has 4 aromatic rings. The lowest BCUT2D eigenvalue weighted by molar-refractivity contribution is -0.0601. The summed E-state index contributed by atoms with van der Waals surface area (Å²) in [6, 6.07) is 4.88. The fraction of sp³-hybridized carbons (Fsp3) is 0.407. The molecule has 1 aliphatic carbocycles. The molecule has 0 amide bonds. The lowest BCUT2D eigenvalue weighted by Gasteiger charge is -2.28. The summed E-state index contributed by atoms with van der Waals surface area (Å²) in [6.07, 6.45) is -0.327. The first-order valence-electron chi connectivity index (χ1n) is 12.6. The summed E-state index contributed by atoms with van der Waals surface area (Å²) in [7, 11) is 0. The van der Waals surface area contributed by atoms with Gasteiger partial charge in [-0.25, -0.2) is 18.7 Å². The van der Waals surface area contributed by atoms with Crippen LogP contribution in [0.1, 0.15) is 37.2 Å². The van der Waals surface area contributed by atoms with Gasteiger partial charge in [-0.3, -0.25) is 4.98 Å². The van der Waals surface area contributed by atoms with E-state index in [9.17, 15) is 24.1 Å². The van der Waals surface area contributed by atoms with Crippen LogP contribution in [0, 0.1) is 31.4 Å². The molecule has 5 N–H and O–H groups in total. The molecule has 1 aromatic carbocycles. The zero-order valence-corrected chi connectivity index (χ0v) is 22.7. The number of aromatic nitrogens is 4. The molecule has 9 nitrogen and oxygen atoms in total. The number of aliphatic hydroxyl groups is 3. The first-order chi connectivity index (χ1) is 18.4. The number of anilines is 2. The van der Waals surface area contributed by atoms with Crippen molar-refractivity contribution in [1.29, 1.82) is 0 Å². The Kier molecular flexibility index (Phi) is 7.23. The van der Waals surface area contributed by atoms with E-state index in [-0.39, 0.29) is 24.5 Å². The van der Waals surface area contributed by atoms with E-state index in [2.05, 4.69) is 25.6 Å². The number of halogens is 2. The Bertz CT molecular complexity index is 1510. The molecule has 12 heteroatoms. The van der Waals surface area contributed by atoms with Crippen molar-refractivity contribution in [2.45, 2.75) is 64.5 Å². The maximum atomic E-state index is 14.2. The van der Waals surface area contributed by atoms with Gasteiger partial charge in [0.2, 0.25) is 5.95 Å². The molecule has 4 atom stereocenters. The predicted octanol–water partition coefficient (Wildman–Crippen LogP) is 3.95. The number of fused-ring (bicyclic) bond motifs is 1. The van der Waals surface area contributed by atoms with Crippen LogP contribution in [0.4, 0.5) is 20.5 Å². The van der Waals surface area contributed by atoms with Crippen LogP contribution in [0.2, 0.25) is 0 Å². The van der Waals surface area contributed by atoms with Crippen LogP contribution in [-0.2, 0) is 6.54 Å². The molecule has 206 valence electrons. The quantitative estimate of drug-likeness (QED) is 0.229. The first-order valence-corrected chi connectivity index (χ1v) is 13.4. The molecule has 0 saturated heterocycles. The fourth-order valence-corrected chi connectivity index (χ4v) is 6.14. The Balaban J connectivity index is 1.54. The van der Waals surface area contributed by atoms with Crippen molar-refractivity contribution in [3.8, 4) is 10.6 Å². The van der Waals surface area contributed by atoms with E-state index in [4.69, 9.17) is 4.98 Å². The van der Waals surface area contributed by atoms with Crippen molar-refractivity contribution in [3.63, 3.8) is 0 Å². The minimum Gasteiger partial charge on any atom is -0.390 e. The van der Waals surface area contributed by atoms with Gasteiger partial charge in [0.1, 0.15) is 34.1 Å². The molecule has 1 aliphatic rings. The standard InChI is InChI=1S/C27H30F2N6O3S/c1-12-20(25-34-21-13(2)30-9-8-19(21)39-25)24(33-18-10-15(27(3,4)38)22(36)23(18)37)35-26(32-12)31-11-14-16(28)6-5-7-17(14)29/h5-9,15,18,22-23,36-38H,10-11H2,1-4H3,(H2,31,32,33,35)/t15-,18+,22+,23-/m0/s1. The molecule has 3 aromatic heterocycles. The molecule has 5 rings (SSSR count). The highest BCUT2D eigenvalue weighted by atomic mass is 32.1. The second kappa shape index (κ2) is 10.3. The van der Waals surface area contributed by atoms with Gasteiger partial charge in [0.25, 0.3) is 0 Å². The van der Waals surface area contributed by atoms with E-state index >= 15 is 0 Å². The molecule has 1 fully saturated rings. The Labute approximate surface area is 228 Å². The van der Waals surface area contributed by atoms with E-state index in [1.807, 2.05) is 13.0 Å². The number of thiazole rings is 1. The van der Waals surface area contributed by atoms with Crippen LogP contribution in [0.5, 0.6) is 0 Å². The Morgan fingerprint density at radius 2 is 1.74 bits per heavy atom. The van der Waals surface area contributed by atoms with Crippen LogP contribution in [-0.4, -0.2) is 59.1 Å². The molecule has 0 spiro atoms. The monoisotopic (exact) mass is 556 g/mol. The molecule has 0 radical (unpaired) electrons. The molecule has 3 heterocycles. The SMILES string of the molecule is Cc1nc(NCc2c(F)cccc2F)nc(N[C@@H]2C[C@H](C(C)(C)O)[C@@H](O)[C@H]2O)c1-c1nc2c(C)nccc2s1. The zero-order chi connectivity index (χ0) is 28.1. The molecule has 0 aliphatic heterocycles. The summed E-state index contributed by atoms with van der Waals surface area (Å²) >= 11 is 1.43. The number of aliphatic hydroxyl groups excluding tert-OH is 2. The largest absolute Gasteiger partial charge is 0.390 e. The second-order valence-electron chi connectivity index (χ2n) is 10.4. The minimum atomic E-state index is -1.21. The van der Waals surface area contributed by atoms with Gasteiger partial charge in [-0.05, 0) is 52.3 Å². The van der Waals surface area contributed by atoms with Crippen molar-refractivity contribution < 1.29 is 24.1 Å². The third kappa shape index (κ3) is 5.29. The van der Waals surface area contributed by atoms with Crippen LogP contribution in [0.25, 0.3) is 20.8 Å². The summed E-state index contributed by atoms with van der Waals surface area (Å²) in [5.41, 5.74) is 1.30. The van der Waals surface area contributed by atoms with Crippen molar-refractivity contribution in [3.05, 3.63) is 59.0 Å². The molecule has 0 bridgehead atoms. The van der Waals surface area contributed by atoms with Crippen molar-refractivity contribution in [1.82, 2.24) is 19.9 Å². The van der Waals surface area contributed by atoms with Gasteiger partial charge in [-0.1, -0.05) is 6.07 Å². The summed E-state index contributed by atoms with van der Waals surface area (Å²) in [5.74, 6) is -1.50. The Morgan fingerprint density at radius 3 is 2.38 bits per heavy atom. The summed E-state index contributed by atoms with van der Waals surface area (Å²) in [4.78, 5) is 18.2. The lowest BCUT2D eigenvalue weighted by atomic mass is 9.88. The van der Waals surface area contributed by atoms with E-state index < -0.39 is 41.4 Å². The van der Waals surface area contributed by atoms with Crippen LogP contribution >= 0.6 is 11.3 Å². The Hall–Kier alpha value is -3.32. The van der Waals surface area contributed by atoms with Gasteiger partial charge in [-0.2, -0.15) is 4.98 Å². The summed E-state index contributed by atoms with van der Waals surface area (Å²) in [6.45, 7) is 6.65. The fourth-order valence-electron chi connectivity index (χ4n) is 5.02. The third-order valence-corrected chi connectivity index (χ3v) is 8.23. The van der Waals surface area contributed by atoms with E-state index in [0.29, 0.717) is 22.1 Å².